The lowest BCUT2D eigenvalue weighted by Gasteiger charge is -2.13. The summed E-state index contributed by atoms with van der Waals surface area (Å²) in [5, 5.41) is 13.1. The molecule has 1 atom stereocenters. The number of hydrogen-bond acceptors (Lipinski definition) is 3. The highest BCUT2D eigenvalue weighted by atomic mass is 16.4. The molecule has 5 nitrogen and oxygen atoms in total. The number of carboxylic acids is 1. The zero-order chi connectivity index (χ0) is 18.5. The van der Waals surface area contributed by atoms with Crippen molar-refractivity contribution in [1.29, 1.82) is 0 Å². The molecule has 0 saturated carbocycles. The Morgan fingerprint density at radius 2 is 1.85 bits per heavy atom. The van der Waals surface area contributed by atoms with Crippen molar-refractivity contribution in [3.8, 4) is 0 Å². The van der Waals surface area contributed by atoms with Crippen LogP contribution in [0.3, 0.4) is 0 Å². The fraction of sp³-hybridized carbons (Fsp3) is 0.190. The van der Waals surface area contributed by atoms with E-state index in [4.69, 9.17) is 0 Å². The first-order valence-electron chi connectivity index (χ1n) is 8.45. The Labute approximate surface area is 151 Å². The Morgan fingerprint density at radius 1 is 1.08 bits per heavy atom. The van der Waals surface area contributed by atoms with E-state index >= 15 is 0 Å². The molecule has 0 fully saturated rings. The topological polar surface area (TPSA) is 79.3 Å². The number of carbonyl (C=O) groups excluding carboxylic acids is 1. The second-order valence-corrected chi connectivity index (χ2v) is 6.34. The summed E-state index contributed by atoms with van der Waals surface area (Å²) in [5.74, 6) is -2.04. The van der Waals surface area contributed by atoms with Crippen molar-refractivity contribution in [2.24, 2.45) is 5.92 Å². The molecule has 3 rings (SSSR count). The van der Waals surface area contributed by atoms with Crippen molar-refractivity contribution in [1.82, 2.24) is 4.98 Å². The van der Waals surface area contributed by atoms with Crippen LogP contribution in [0.1, 0.15) is 17.7 Å². The molecule has 0 aliphatic rings. The van der Waals surface area contributed by atoms with Gasteiger partial charge in [0.05, 0.1) is 11.4 Å². The Morgan fingerprint density at radius 3 is 2.58 bits per heavy atom. The van der Waals surface area contributed by atoms with Gasteiger partial charge in [0.25, 0.3) is 0 Å². The molecule has 0 saturated heterocycles. The van der Waals surface area contributed by atoms with Gasteiger partial charge in [0.2, 0.25) is 5.91 Å². The number of aryl methyl sites for hydroxylation is 1. The number of benzene rings is 2. The van der Waals surface area contributed by atoms with Gasteiger partial charge < -0.3 is 10.4 Å². The number of fused-ring (bicyclic) bond motifs is 1. The third-order valence-corrected chi connectivity index (χ3v) is 4.22. The van der Waals surface area contributed by atoms with Crippen LogP contribution in [-0.4, -0.2) is 22.0 Å². The average Bonchev–Trinajstić information content (AvgIpc) is 2.62. The number of nitrogens with one attached hydrogen (secondary N) is 1. The smallest absolute Gasteiger partial charge is 0.307 e. The summed E-state index contributed by atoms with van der Waals surface area (Å²) in [6.07, 6.45) is 0.249. The number of aliphatic carboxylic acids is 1. The van der Waals surface area contributed by atoms with Crippen LogP contribution in [0.2, 0.25) is 0 Å². The number of hydrogen-bond donors (Lipinski definition) is 2. The number of carbonyl (C=O) groups is 2. The number of pyridine rings is 1. The van der Waals surface area contributed by atoms with Crippen LogP contribution >= 0.6 is 0 Å². The van der Waals surface area contributed by atoms with Gasteiger partial charge in [-0.25, -0.2) is 0 Å². The first kappa shape index (κ1) is 17.6. The molecule has 2 N–H and O–H groups in total. The van der Waals surface area contributed by atoms with E-state index in [9.17, 15) is 14.7 Å². The van der Waals surface area contributed by atoms with E-state index in [-0.39, 0.29) is 12.3 Å². The van der Waals surface area contributed by atoms with E-state index in [1.54, 1.807) is 6.07 Å². The molecular weight excluding hydrogens is 328 g/mol. The van der Waals surface area contributed by atoms with Crippen molar-refractivity contribution in [2.45, 2.75) is 19.8 Å². The number of anilines is 1. The number of aromatic nitrogens is 1. The molecule has 132 valence electrons. The van der Waals surface area contributed by atoms with Crippen molar-refractivity contribution in [3.63, 3.8) is 0 Å². The predicted molar refractivity (Wildman–Crippen MR) is 101 cm³/mol. The maximum absolute atomic E-state index is 12.3. The maximum atomic E-state index is 12.3. The normalized spacial score (nSPS) is 11.9. The standard InChI is InChI=1S/C21H20N2O3/c1-14-7-8-16-12-18(9-10-19(16)22-14)23-20(24)13-17(21(25)26)11-15-5-3-2-4-6-15/h2-10,12,17H,11,13H2,1H3,(H,23,24)(H,25,26). The van der Waals surface area contributed by atoms with E-state index < -0.39 is 11.9 Å². The van der Waals surface area contributed by atoms with Gasteiger partial charge in [-0.05, 0) is 43.2 Å². The summed E-state index contributed by atoms with van der Waals surface area (Å²) in [4.78, 5) is 28.3. The molecule has 0 aliphatic carbocycles. The van der Waals surface area contributed by atoms with Crippen LogP contribution in [0.25, 0.3) is 10.9 Å². The van der Waals surface area contributed by atoms with Gasteiger partial charge in [0.1, 0.15) is 0 Å². The zero-order valence-corrected chi connectivity index (χ0v) is 14.5. The Kier molecular flexibility index (Phi) is 5.27. The van der Waals surface area contributed by atoms with Gasteiger partial charge in [-0.1, -0.05) is 36.4 Å². The van der Waals surface area contributed by atoms with Crippen LogP contribution in [0.5, 0.6) is 0 Å². The van der Waals surface area contributed by atoms with E-state index in [0.29, 0.717) is 12.1 Å². The number of carboxylic acid groups (broad SMARTS) is 1. The summed E-state index contributed by atoms with van der Waals surface area (Å²) in [5.41, 5.74) is 3.33. The molecule has 1 aromatic heterocycles. The molecule has 0 bridgehead atoms. The van der Waals surface area contributed by atoms with Gasteiger partial charge in [-0.15, -0.1) is 0 Å². The van der Waals surface area contributed by atoms with E-state index in [1.807, 2.05) is 61.5 Å². The molecule has 1 heterocycles. The SMILES string of the molecule is Cc1ccc2cc(NC(=O)CC(Cc3ccccc3)C(=O)O)ccc2n1. The summed E-state index contributed by atoms with van der Waals surface area (Å²) < 4.78 is 0. The lowest BCUT2D eigenvalue weighted by molar-refractivity contribution is -0.143. The van der Waals surface area contributed by atoms with Crippen LogP contribution < -0.4 is 5.32 Å². The zero-order valence-electron chi connectivity index (χ0n) is 14.5. The number of amides is 1. The van der Waals surface area contributed by atoms with Crippen LogP contribution in [-0.2, 0) is 16.0 Å². The van der Waals surface area contributed by atoms with E-state index in [0.717, 1.165) is 22.2 Å². The Bertz CT molecular complexity index is 938. The molecule has 0 radical (unpaired) electrons. The highest BCUT2D eigenvalue weighted by Crippen LogP contribution is 2.19. The van der Waals surface area contributed by atoms with Crippen LogP contribution in [0.4, 0.5) is 5.69 Å². The first-order valence-corrected chi connectivity index (χ1v) is 8.45. The quantitative estimate of drug-likeness (QED) is 0.710. The maximum Gasteiger partial charge on any atom is 0.307 e. The molecule has 1 unspecified atom stereocenters. The third-order valence-electron chi connectivity index (χ3n) is 4.22. The number of rotatable bonds is 6. The van der Waals surface area contributed by atoms with Gasteiger partial charge in [-0.2, -0.15) is 0 Å². The molecule has 0 spiro atoms. The molecule has 1 amide bonds. The summed E-state index contributed by atoms with van der Waals surface area (Å²) in [6, 6.07) is 18.7. The van der Waals surface area contributed by atoms with Crippen molar-refractivity contribution in [3.05, 3.63) is 71.9 Å². The van der Waals surface area contributed by atoms with E-state index in [1.165, 1.54) is 0 Å². The third kappa shape index (κ3) is 4.45. The molecule has 5 heteroatoms. The average molecular weight is 348 g/mol. The summed E-state index contributed by atoms with van der Waals surface area (Å²) in [6.45, 7) is 1.92. The van der Waals surface area contributed by atoms with Crippen molar-refractivity contribution >= 4 is 28.5 Å². The highest BCUT2D eigenvalue weighted by molar-refractivity contribution is 5.95. The van der Waals surface area contributed by atoms with Crippen LogP contribution in [0, 0.1) is 12.8 Å². The first-order chi connectivity index (χ1) is 12.5. The minimum atomic E-state index is -0.970. The molecule has 3 aromatic rings. The summed E-state index contributed by atoms with van der Waals surface area (Å²) in [7, 11) is 0. The van der Waals surface area contributed by atoms with Gasteiger partial charge in [0.15, 0.2) is 0 Å². The van der Waals surface area contributed by atoms with E-state index in [2.05, 4.69) is 10.3 Å². The van der Waals surface area contributed by atoms with Gasteiger partial charge in [0, 0.05) is 23.2 Å². The minimum Gasteiger partial charge on any atom is -0.481 e. The molecule has 0 aliphatic heterocycles. The fourth-order valence-corrected chi connectivity index (χ4v) is 2.89. The van der Waals surface area contributed by atoms with Crippen molar-refractivity contribution < 1.29 is 14.7 Å². The number of nitrogens with zero attached hydrogens (tertiary/aromatic N) is 1. The molecular formula is C21H20N2O3. The monoisotopic (exact) mass is 348 g/mol. The largest absolute Gasteiger partial charge is 0.481 e. The Balaban J connectivity index is 1.68. The predicted octanol–water partition coefficient (Wildman–Crippen LogP) is 3.82. The molecule has 26 heavy (non-hydrogen) atoms. The minimum absolute atomic E-state index is 0.0750. The van der Waals surface area contributed by atoms with Crippen molar-refractivity contribution in [2.75, 3.05) is 5.32 Å². The Hall–Kier alpha value is -3.21. The second kappa shape index (κ2) is 7.78. The molecule has 2 aromatic carbocycles. The summed E-state index contributed by atoms with van der Waals surface area (Å²) >= 11 is 0. The second-order valence-electron chi connectivity index (χ2n) is 6.34. The lowest BCUT2D eigenvalue weighted by atomic mass is 9.96. The van der Waals surface area contributed by atoms with Gasteiger partial charge in [-0.3, -0.25) is 14.6 Å². The lowest BCUT2D eigenvalue weighted by Crippen LogP contribution is -2.24. The van der Waals surface area contributed by atoms with Crippen LogP contribution in [0.15, 0.2) is 60.7 Å². The fourth-order valence-electron chi connectivity index (χ4n) is 2.89. The van der Waals surface area contributed by atoms with Gasteiger partial charge >= 0.3 is 5.97 Å². The highest BCUT2D eigenvalue weighted by Gasteiger charge is 2.21.